The molecule has 0 N–H and O–H groups in total. The summed E-state index contributed by atoms with van der Waals surface area (Å²) in [6.07, 6.45) is 0. The van der Waals surface area contributed by atoms with Gasteiger partial charge in [-0.25, -0.2) is 0 Å². The van der Waals surface area contributed by atoms with Gasteiger partial charge in [-0.3, -0.25) is 0 Å². The molecule has 11 rings (SSSR count). The molecule has 0 bridgehead atoms. The van der Waals surface area contributed by atoms with Gasteiger partial charge in [0.2, 0.25) is 0 Å². The summed E-state index contributed by atoms with van der Waals surface area (Å²) in [5.74, 6) is 0. The standard InChI is InChI=1S/C58H39NS/c1-2-14-40(15-3-1)41-28-30-42(31-29-41)43-32-35-47(36-33-43)59(56-26-10-8-22-51(56)46-34-37-58-55(39-46)54-24-9-11-27-57(54)60-58)48-19-12-18-45(38-48)50-21-6-7-23-52(50)53-25-13-17-44-16-4-5-20-49(44)53/h1-39H. The molecule has 0 aliphatic heterocycles. The van der Waals surface area contributed by atoms with Gasteiger partial charge in [0.25, 0.3) is 0 Å². The van der Waals surface area contributed by atoms with E-state index in [0.717, 1.165) is 17.1 Å². The zero-order chi connectivity index (χ0) is 39.8. The Hall–Kier alpha value is -7.52. The van der Waals surface area contributed by atoms with Crippen molar-refractivity contribution in [1.29, 1.82) is 0 Å². The second kappa shape index (κ2) is 15.3. The first-order valence-electron chi connectivity index (χ1n) is 20.5. The minimum Gasteiger partial charge on any atom is -0.310 e. The first-order valence-corrected chi connectivity index (χ1v) is 21.3. The van der Waals surface area contributed by atoms with Gasteiger partial charge in [-0.2, -0.15) is 0 Å². The lowest BCUT2D eigenvalue weighted by molar-refractivity contribution is 1.28. The third-order valence-electron chi connectivity index (χ3n) is 11.7. The minimum absolute atomic E-state index is 1.09. The molecule has 0 saturated heterocycles. The zero-order valence-electron chi connectivity index (χ0n) is 32.9. The highest BCUT2D eigenvalue weighted by molar-refractivity contribution is 7.25. The Balaban J connectivity index is 1.05. The lowest BCUT2D eigenvalue weighted by Gasteiger charge is -2.28. The molecule has 1 aromatic heterocycles. The molecule has 0 fully saturated rings. The van der Waals surface area contributed by atoms with Gasteiger partial charge in [0.1, 0.15) is 0 Å². The van der Waals surface area contributed by atoms with E-state index in [4.69, 9.17) is 0 Å². The van der Waals surface area contributed by atoms with Crippen molar-refractivity contribution in [2.75, 3.05) is 4.90 Å². The van der Waals surface area contributed by atoms with Gasteiger partial charge in [0, 0.05) is 37.1 Å². The van der Waals surface area contributed by atoms with Crippen molar-refractivity contribution in [3.63, 3.8) is 0 Å². The van der Waals surface area contributed by atoms with Crippen LogP contribution in [0.4, 0.5) is 17.1 Å². The fourth-order valence-electron chi connectivity index (χ4n) is 8.76. The molecule has 0 aliphatic rings. The van der Waals surface area contributed by atoms with Crippen LogP contribution in [-0.4, -0.2) is 0 Å². The third kappa shape index (κ3) is 6.54. The van der Waals surface area contributed by atoms with Gasteiger partial charge in [-0.15, -0.1) is 11.3 Å². The summed E-state index contributed by atoms with van der Waals surface area (Å²) in [6, 6.07) is 86.2. The van der Waals surface area contributed by atoms with Crippen LogP contribution in [-0.2, 0) is 0 Å². The Morgan fingerprint density at radius 2 is 0.783 bits per heavy atom. The van der Waals surface area contributed by atoms with E-state index in [9.17, 15) is 0 Å². The fourth-order valence-corrected chi connectivity index (χ4v) is 9.85. The molecule has 0 radical (unpaired) electrons. The van der Waals surface area contributed by atoms with E-state index < -0.39 is 0 Å². The molecule has 0 saturated carbocycles. The average molecular weight is 782 g/mol. The Labute approximate surface area is 354 Å². The minimum atomic E-state index is 1.09. The molecule has 0 amide bonds. The van der Waals surface area contributed by atoms with Crippen LogP contribution < -0.4 is 4.90 Å². The molecule has 1 nitrogen and oxygen atoms in total. The van der Waals surface area contributed by atoms with Crippen molar-refractivity contribution in [2.24, 2.45) is 0 Å². The maximum absolute atomic E-state index is 2.43. The van der Waals surface area contributed by atoms with Crippen molar-refractivity contribution in [3.05, 3.63) is 237 Å². The predicted octanol–water partition coefficient (Wildman–Crippen LogP) is 17.0. The molecule has 1 heterocycles. The molecule has 0 spiro atoms. The van der Waals surface area contributed by atoms with Crippen molar-refractivity contribution < 1.29 is 0 Å². The summed E-state index contributed by atoms with van der Waals surface area (Å²) in [4.78, 5) is 2.43. The number of anilines is 3. The fraction of sp³-hybridized carbons (Fsp3) is 0. The highest BCUT2D eigenvalue weighted by Crippen LogP contribution is 2.45. The number of nitrogens with zero attached hydrogens (tertiary/aromatic N) is 1. The Kier molecular flexibility index (Phi) is 9.11. The van der Waals surface area contributed by atoms with Crippen LogP contribution in [0.25, 0.3) is 86.6 Å². The second-order valence-corrected chi connectivity index (χ2v) is 16.4. The first kappa shape index (κ1) is 35.6. The highest BCUT2D eigenvalue weighted by atomic mass is 32.1. The van der Waals surface area contributed by atoms with Crippen LogP contribution in [0.15, 0.2) is 237 Å². The van der Waals surface area contributed by atoms with Crippen LogP contribution in [0.2, 0.25) is 0 Å². The molecular formula is C58H39NS. The molecule has 0 atom stereocenters. The van der Waals surface area contributed by atoms with Gasteiger partial charge >= 0.3 is 0 Å². The van der Waals surface area contributed by atoms with Crippen molar-refractivity contribution in [3.8, 4) is 55.6 Å². The zero-order valence-corrected chi connectivity index (χ0v) is 33.7. The number of benzene rings is 10. The third-order valence-corrected chi connectivity index (χ3v) is 12.9. The second-order valence-electron chi connectivity index (χ2n) is 15.3. The molecule has 282 valence electrons. The van der Waals surface area contributed by atoms with Crippen LogP contribution >= 0.6 is 11.3 Å². The lowest BCUT2D eigenvalue weighted by atomic mass is 9.91. The van der Waals surface area contributed by atoms with Gasteiger partial charge in [0.15, 0.2) is 0 Å². The molecular weight excluding hydrogens is 743 g/mol. The van der Waals surface area contributed by atoms with E-state index in [2.05, 4.69) is 241 Å². The number of rotatable bonds is 8. The van der Waals surface area contributed by atoms with Crippen LogP contribution in [0.5, 0.6) is 0 Å². The normalized spacial score (nSPS) is 11.3. The molecule has 0 unspecified atom stereocenters. The monoisotopic (exact) mass is 781 g/mol. The smallest absolute Gasteiger partial charge is 0.0540 e. The van der Waals surface area contributed by atoms with E-state index in [1.807, 2.05) is 11.3 Å². The van der Waals surface area contributed by atoms with Gasteiger partial charge < -0.3 is 4.90 Å². The maximum Gasteiger partial charge on any atom is 0.0540 e. The summed E-state index contributed by atoms with van der Waals surface area (Å²) in [7, 11) is 0. The van der Waals surface area contributed by atoms with E-state index in [1.54, 1.807) is 0 Å². The number of hydrogen-bond donors (Lipinski definition) is 0. The van der Waals surface area contributed by atoms with E-state index >= 15 is 0 Å². The van der Waals surface area contributed by atoms with Crippen LogP contribution in [0.3, 0.4) is 0 Å². The van der Waals surface area contributed by atoms with Crippen molar-refractivity contribution >= 4 is 59.3 Å². The molecule has 60 heavy (non-hydrogen) atoms. The summed E-state index contributed by atoms with van der Waals surface area (Å²) in [5.41, 5.74) is 15.3. The number of para-hydroxylation sites is 1. The van der Waals surface area contributed by atoms with Crippen LogP contribution in [0.1, 0.15) is 0 Å². The van der Waals surface area contributed by atoms with E-state index in [0.29, 0.717) is 0 Å². The Morgan fingerprint density at radius 3 is 1.58 bits per heavy atom. The summed E-state index contributed by atoms with van der Waals surface area (Å²) >= 11 is 1.86. The molecule has 2 heteroatoms. The molecule has 0 aliphatic carbocycles. The van der Waals surface area contributed by atoms with Crippen molar-refractivity contribution in [1.82, 2.24) is 0 Å². The molecule has 10 aromatic carbocycles. The topological polar surface area (TPSA) is 3.24 Å². The highest BCUT2D eigenvalue weighted by Gasteiger charge is 2.20. The Bertz CT molecular complexity index is 3300. The average Bonchev–Trinajstić information content (AvgIpc) is 3.70. The Morgan fingerprint density at radius 1 is 0.267 bits per heavy atom. The number of thiophene rings is 1. The SMILES string of the molecule is c1ccc(-c2ccc(-c3ccc(N(c4cccc(-c5ccccc5-c5cccc6ccccc56)c4)c4ccccc4-c4ccc5sc6ccccc6c5c4)cc3)cc2)cc1. The maximum atomic E-state index is 2.43. The number of fused-ring (bicyclic) bond motifs is 4. The lowest BCUT2D eigenvalue weighted by Crippen LogP contribution is -2.11. The number of hydrogen-bond acceptors (Lipinski definition) is 2. The van der Waals surface area contributed by atoms with Gasteiger partial charge in [0.05, 0.1) is 5.69 Å². The van der Waals surface area contributed by atoms with Crippen LogP contribution in [0, 0.1) is 0 Å². The summed E-state index contributed by atoms with van der Waals surface area (Å²) in [5, 5.41) is 5.10. The predicted molar refractivity (Wildman–Crippen MR) is 259 cm³/mol. The first-order chi connectivity index (χ1) is 29.7. The van der Waals surface area contributed by atoms with Gasteiger partial charge in [-0.1, -0.05) is 188 Å². The van der Waals surface area contributed by atoms with E-state index in [-0.39, 0.29) is 0 Å². The van der Waals surface area contributed by atoms with Crippen molar-refractivity contribution in [2.45, 2.75) is 0 Å². The largest absolute Gasteiger partial charge is 0.310 e. The molecule has 11 aromatic rings. The summed E-state index contributed by atoms with van der Waals surface area (Å²) in [6.45, 7) is 0. The van der Waals surface area contributed by atoms with E-state index in [1.165, 1.54) is 86.6 Å². The van der Waals surface area contributed by atoms with Gasteiger partial charge in [-0.05, 0) is 109 Å². The summed E-state index contributed by atoms with van der Waals surface area (Å²) < 4.78 is 2.62. The quantitative estimate of drug-likeness (QED) is 0.148.